The predicted octanol–water partition coefficient (Wildman–Crippen LogP) is 3.21. The van der Waals surface area contributed by atoms with Crippen LogP contribution in [0.1, 0.15) is 31.2 Å². The van der Waals surface area contributed by atoms with Crippen LogP contribution in [-0.4, -0.2) is 32.4 Å². The maximum atomic E-state index is 11.9. The molecule has 1 aromatic rings. The van der Waals surface area contributed by atoms with E-state index in [0.29, 0.717) is 0 Å². The van der Waals surface area contributed by atoms with Crippen molar-refractivity contribution in [3.8, 4) is 5.75 Å². The molecule has 0 bridgehead atoms. The highest BCUT2D eigenvalue weighted by molar-refractivity contribution is 5.87. The van der Waals surface area contributed by atoms with Crippen LogP contribution in [0.3, 0.4) is 0 Å². The highest BCUT2D eigenvalue weighted by Crippen LogP contribution is 2.23. The fraction of sp³-hybridized carbons (Fsp3) is 0.471. The summed E-state index contributed by atoms with van der Waals surface area (Å²) < 4.78 is 15.9. The Kier molecular flexibility index (Phi) is 5.81. The van der Waals surface area contributed by atoms with Crippen LogP contribution in [0, 0.1) is 0 Å². The van der Waals surface area contributed by atoms with Gasteiger partial charge in [0.25, 0.3) is 0 Å². The molecule has 0 amide bonds. The van der Waals surface area contributed by atoms with Gasteiger partial charge >= 0.3 is 5.97 Å². The second-order valence-corrected chi connectivity index (χ2v) is 5.19. The van der Waals surface area contributed by atoms with Crippen LogP contribution in [0.2, 0.25) is 0 Å². The number of hydrogen-bond donors (Lipinski definition) is 0. The molecule has 0 spiro atoms. The fourth-order valence-corrected chi connectivity index (χ4v) is 2.54. The Bertz CT molecular complexity index is 495. The van der Waals surface area contributed by atoms with Crippen LogP contribution < -0.4 is 4.74 Å². The van der Waals surface area contributed by atoms with E-state index in [2.05, 4.69) is 0 Å². The van der Waals surface area contributed by atoms with Crippen LogP contribution >= 0.6 is 0 Å². The quantitative estimate of drug-likeness (QED) is 0.617. The Morgan fingerprint density at radius 1 is 1.24 bits per heavy atom. The van der Waals surface area contributed by atoms with Gasteiger partial charge in [-0.15, -0.1) is 0 Å². The number of rotatable bonds is 5. The number of esters is 1. The van der Waals surface area contributed by atoms with Crippen molar-refractivity contribution in [2.75, 3.05) is 14.2 Å². The third-order valence-corrected chi connectivity index (χ3v) is 3.70. The van der Waals surface area contributed by atoms with Crippen LogP contribution in [-0.2, 0) is 14.3 Å². The first kappa shape index (κ1) is 15.6. The summed E-state index contributed by atoms with van der Waals surface area (Å²) in [6.45, 7) is 0. The Morgan fingerprint density at radius 2 is 2.05 bits per heavy atom. The zero-order valence-corrected chi connectivity index (χ0v) is 12.6. The molecule has 0 aliphatic heterocycles. The molecule has 0 radical (unpaired) electrons. The van der Waals surface area contributed by atoms with E-state index in [1.54, 1.807) is 20.3 Å². The van der Waals surface area contributed by atoms with Gasteiger partial charge in [0.2, 0.25) is 0 Å². The van der Waals surface area contributed by atoms with Crippen molar-refractivity contribution in [2.24, 2.45) is 0 Å². The first-order chi connectivity index (χ1) is 10.2. The van der Waals surface area contributed by atoms with Gasteiger partial charge in [0.15, 0.2) is 0 Å². The topological polar surface area (TPSA) is 44.8 Å². The molecule has 4 heteroatoms. The second-order valence-electron chi connectivity index (χ2n) is 5.19. The van der Waals surface area contributed by atoms with Gasteiger partial charge in [0, 0.05) is 19.6 Å². The Labute approximate surface area is 125 Å². The smallest absolute Gasteiger partial charge is 0.331 e. The summed E-state index contributed by atoms with van der Waals surface area (Å²) in [5, 5.41) is 0. The summed E-state index contributed by atoms with van der Waals surface area (Å²) in [5.41, 5.74) is 0.907. The van der Waals surface area contributed by atoms with E-state index < -0.39 is 0 Å². The fourth-order valence-electron chi connectivity index (χ4n) is 2.54. The third-order valence-electron chi connectivity index (χ3n) is 3.70. The lowest BCUT2D eigenvalue weighted by molar-refractivity contribution is -0.146. The molecular formula is C17H22O4. The molecule has 21 heavy (non-hydrogen) atoms. The van der Waals surface area contributed by atoms with Crippen molar-refractivity contribution < 1.29 is 19.0 Å². The lowest BCUT2D eigenvalue weighted by Gasteiger charge is -2.27. The molecule has 4 nitrogen and oxygen atoms in total. The molecule has 1 aromatic carbocycles. The predicted molar refractivity (Wildman–Crippen MR) is 81.2 cm³/mol. The zero-order valence-electron chi connectivity index (χ0n) is 12.6. The van der Waals surface area contributed by atoms with E-state index in [1.807, 2.05) is 24.3 Å². The standard InChI is InChI=1S/C17H22O4/c1-19-14-6-3-5-13(11-14)9-10-17(18)21-16-8-4-7-15(12-16)20-2/h3,5-6,9-11,15-16H,4,7-8,12H2,1-2H3. The summed E-state index contributed by atoms with van der Waals surface area (Å²) in [7, 11) is 3.32. The van der Waals surface area contributed by atoms with Crippen LogP contribution in [0.5, 0.6) is 5.75 Å². The SMILES string of the molecule is COc1cccc(C=CC(=O)OC2CCCC(OC)C2)c1. The Balaban J connectivity index is 1.87. The second kappa shape index (κ2) is 7.84. The minimum atomic E-state index is -0.306. The highest BCUT2D eigenvalue weighted by atomic mass is 16.5. The number of carbonyl (C=O) groups excluding carboxylic acids is 1. The lowest BCUT2D eigenvalue weighted by atomic mass is 9.95. The minimum Gasteiger partial charge on any atom is -0.497 e. The van der Waals surface area contributed by atoms with Crippen molar-refractivity contribution in [3.05, 3.63) is 35.9 Å². The number of carbonyl (C=O) groups is 1. The normalized spacial score (nSPS) is 22.2. The number of benzene rings is 1. The molecular weight excluding hydrogens is 268 g/mol. The molecule has 2 rings (SSSR count). The first-order valence-corrected chi connectivity index (χ1v) is 7.27. The van der Waals surface area contributed by atoms with Gasteiger partial charge in [-0.25, -0.2) is 4.79 Å². The first-order valence-electron chi connectivity index (χ1n) is 7.27. The van der Waals surface area contributed by atoms with Gasteiger partial charge in [-0.1, -0.05) is 12.1 Å². The maximum Gasteiger partial charge on any atom is 0.331 e. The Morgan fingerprint density at radius 3 is 2.81 bits per heavy atom. The Hall–Kier alpha value is -1.81. The summed E-state index contributed by atoms with van der Waals surface area (Å²) in [4.78, 5) is 11.9. The van der Waals surface area contributed by atoms with Gasteiger partial charge < -0.3 is 14.2 Å². The molecule has 1 fully saturated rings. The van der Waals surface area contributed by atoms with E-state index in [1.165, 1.54) is 6.08 Å². The largest absolute Gasteiger partial charge is 0.497 e. The molecule has 0 heterocycles. The average molecular weight is 290 g/mol. The number of methoxy groups -OCH3 is 2. The molecule has 0 saturated heterocycles. The van der Waals surface area contributed by atoms with E-state index in [4.69, 9.17) is 14.2 Å². The monoisotopic (exact) mass is 290 g/mol. The van der Waals surface area contributed by atoms with Gasteiger partial charge in [-0.05, 0) is 43.0 Å². The van der Waals surface area contributed by atoms with E-state index in [-0.39, 0.29) is 18.2 Å². The molecule has 1 saturated carbocycles. The van der Waals surface area contributed by atoms with Crippen molar-refractivity contribution in [2.45, 2.75) is 37.9 Å². The minimum absolute atomic E-state index is 0.0360. The van der Waals surface area contributed by atoms with Gasteiger partial charge in [-0.3, -0.25) is 0 Å². The summed E-state index contributed by atoms with van der Waals surface area (Å²) in [6.07, 6.45) is 7.16. The molecule has 0 N–H and O–H groups in total. The summed E-state index contributed by atoms with van der Waals surface area (Å²) >= 11 is 0. The lowest BCUT2D eigenvalue weighted by Crippen LogP contribution is -2.28. The van der Waals surface area contributed by atoms with Crippen molar-refractivity contribution >= 4 is 12.0 Å². The third kappa shape index (κ3) is 4.90. The summed E-state index contributed by atoms with van der Waals surface area (Å²) in [6, 6.07) is 7.52. The molecule has 0 aromatic heterocycles. The molecule has 1 aliphatic carbocycles. The molecule has 114 valence electrons. The zero-order chi connectivity index (χ0) is 15.1. The molecule has 1 aliphatic rings. The summed E-state index contributed by atoms with van der Waals surface area (Å²) in [5.74, 6) is 0.459. The van der Waals surface area contributed by atoms with Crippen molar-refractivity contribution in [1.29, 1.82) is 0 Å². The highest BCUT2D eigenvalue weighted by Gasteiger charge is 2.23. The molecule has 2 unspecified atom stereocenters. The van der Waals surface area contributed by atoms with Crippen molar-refractivity contribution in [3.63, 3.8) is 0 Å². The average Bonchev–Trinajstić information content (AvgIpc) is 2.53. The van der Waals surface area contributed by atoms with Crippen LogP contribution in [0.4, 0.5) is 0 Å². The van der Waals surface area contributed by atoms with Gasteiger partial charge in [0.05, 0.1) is 13.2 Å². The van der Waals surface area contributed by atoms with E-state index >= 15 is 0 Å². The number of ether oxygens (including phenoxy) is 3. The number of hydrogen-bond acceptors (Lipinski definition) is 4. The van der Waals surface area contributed by atoms with Gasteiger partial charge in [0.1, 0.15) is 11.9 Å². The van der Waals surface area contributed by atoms with E-state index in [9.17, 15) is 4.79 Å². The van der Waals surface area contributed by atoms with Gasteiger partial charge in [-0.2, -0.15) is 0 Å². The van der Waals surface area contributed by atoms with Crippen molar-refractivity contribution in [1.82, 2.24) is 0 Å². The van der Waals surface area contributed by atoms with Crippen LogP contribution in [0.15, 0.2) is 30.3 Å². The van der Waals surface area contributed by atoms with Crippen LogP contribution in [0.25, 0.3) is 6.08 Å². The van der Waals surface area contributed by atoms with E-state index in [0.717, 1.165) is 37.0 Å². The molecule has 2 atom stereocenters. The maximum absolute atomic E-state index is 11.9.